The molecule has 0 atom stereocenters. The van der Waals surface area contributed by atoms with Gasteiger partial charge >= 0.3 is 0 Å². The number of fused-ring (bicyclic) bond motifs is 1. The molecule has 0 spiro atoms. The van der Waals surface area contributed by atoms with Gasteiger partial charge in [0.1, 0.15) is 17.1 Å². The zero-order chi connectivity index (χ0) is 15.6. The summed E-state index contributed by atoms with van der Waals surface area (Å²) >= 11 is 0. The second-order valence-corrected chi connectivity index (χ2v) is 5.88. The first-order valence-electron chi connectivity index (χ1n) is 7.97. The van der Waals surface area contributed by atoms with E-state index in [1.165, 1.54) is 5.69 Å². The molecule has 118 valence electrons. The Morgan fingerprint density at radius 1 is 1.13 bits per heavy atom. The van der Waals surface area contributed by atoms with Crippen molar-refractivity contribution in [2.45, 2.75) is 6.92 Å². The van der Waals surface area contributed by atoms with Crippen molar-refractivity contribution in [2.24, 2.45) is 0 Å². The average Bonchev–Trinajstić information content (AvgIpc) is 3.05. The number of aryl methyl sites for hydroxylation is 1. The summed E-state index contributed by atoms with van der Waals surface area (Å²) in [7, 11) is 0. The molecule has 0 bridgehead atoms. The summed E-state index contributed by atoms with van der Waals surface area (Å²) in [6.45, 7) is 6.17. The first kappa shape index (κ1) is 14.1. The van der Waals surface area contributed by atoms with E-state index < -0.39 is 0 Å². The molecule has 3 aromatic rings. The molecule has 3 heterocycles. The third kappa shape index (κ3) is 2.87. The van der Waals surface area contributed by atoms with E-state index in [1.54, 1.807) is 6.20 Å². The zero-order valence-electron chi connectivity index (χ0n) is 13.2. The van der Waals surface area contributed by atoms with Gasteiger partial charge in [0.25, 0.3) is 0 Å². The van der Waals surface area contributed by atoms with Crippen molar-refractivity contribution in [2.75, 3.05) is 31.1 Å². The van der Waals surface area contributed by atoms with Gasteiger partial charge in [0, 0.05) is 49.5 Å². The highest BCUT2D eigenvalue weighted by Gasteiger charge is 2.12. The summed E-state index contributed by atoms with van der Waals surface area (Å²) in [5.41, 5.74) is 3.21. The molecule has 5 heteroatoms. The predicted octanol–water partition coefficient (Wildman–Crippen LogP) is 3.07. The Kier molecular flexibility index (Phi) is 3.63. The number of aromatic amines is 1. The standard InChI is InChI=1S/C18H20N4O/c1-13-2-3-15(22-8-6-19-7-9-22)11-17(13)23-16-10-14-4-5-20-18(14)21-12-16/h2-5,10-12,19H,6-9H2,1H3,(H,20,21). The van der Waals surface area contributed by atoms with Gasteiger partial charge in [-0.15, -0.1) is 0 Å². The lowest BCUT2D eigenvalue weighted by molar-refractivity contribution is 0.477. The van der Waals surface area contributed by atoms with Crippen LogP contribution in [-0.2, 0) is 0 Å². The zero-order valence-corrected chi connectivity index (χ0v) is 13.2. The molecule has 1 aliphatic rings. The van der Waals surface area contributed by atoms with Crippen molar-refractivity contribution in [3.05, 3.63) is 48.3 Å². The number of nitrogens with one attached hydrogen (secondary N) is 2. The van der Waals surface area contributed by atoms with Gasteiger partial charge in [-0.2, -0.15) is 0 Å². The van der Waals surface area contributed by atoms with E-state index in [0.717, 1.165) is 54.3 Å². The lowest BCUT2D eigenvalue weighted by Gasteiger charge is -2.29. The molecule has 5 nitrogen and oxygen atoms in total. The molecule has 1 aliphatic heterocycles. The van der Waals surface area contributed by atoms with E-state index in [0.29, 0.717) is 0 Å². The van der Waals surface area contributed by atoms with Crippen LogP contribution in [0.25, 0.3) is 11.0 Å². The van der Waals surface area contributed by atoms with Gasteiger partial charge in [0.15, 0.2) is 0 Å². The van der Waals surface area contributed by atoms with Gasteiger partial charge in [-0.1, -0.05) is 6.07 Å². The Morgan fingerprint density at radius 2 is 2.00 bits per heavy atom. The molecular formula is C18H20N4O. The first-order valence-corrected chi connectivity index (χ1v) is 7.97. The molecule has 0 radical (unpaired) electrons. The van der Waals surface area contributed by atoms with E-state index in [-0.39, 0.29) is 0 Å². The van der Waals surface area contributed by atoms with Gasteiger partial charge in [-0.05, 0) is 30.7 Å². The molecule has 0 aliphatic carbocycles. The SMILES string of the molecule is Cc1ccc(N2CCNCC2)cc1Oc1cnc2[nH]ccc2c1. The number of H-pyrrole nitrogens is 1. The first-order chi connectivity index (χ1) is 11.3. The van der Waals surface area contributed by atoms with Crippen molar-refractivity contribution < 1.29 is 4.74 Å². The highest BCUT2D eigenvalue weighted by atomic mass is 16.5. The summed E-state index contributed by atoms with van der Waals surface area (Å²) in [6.07, 6.45) is 3.65. The number of anilines is 1. The predicted molar refractivity (Wildman–Crippen MR) is 92.4 cm³/mol. The van der Waals surface area contributed by atoms with Crippen LogP contribution < -0.4 is 15.0 Å². The van der Waals surface area contributed by atoms with Crippen LogP contribution in [0.3, 0.4) is 0 Å². The monoisotopic (exact) mass is 308 g/mol. The molecule has 4 rings (SSSR count). The largest absolute Gasteiger partial charge is 0.455 e. The van der Waals surface area contributed by atoms with Gasteiger partial charge in [0.05, 0.1) is 6.20 Å². The topological polar surface area (TPSA) is 53.2 Å². The number of benzene rings is 1. The summed E-state index contributed by atoms with van der Waals surface area (Å²) < 4.78 is 6.10. The van der Waals surface area contributed by atoms with E-state index in [1.807, 2.05) is 18.3 Å². The molecule has 1 fully saturated rings. The van der Waals surface area contributed by atoms with Gasteiger partial charge in [-0.25, -0.2) is 4.98 Å². The minimum absolute atomic E-state index is 0.762. The van der Waals surface area contributed by atoms with Crippen molar-refractivity contribution in [1.82, 2.24) is 15.3 Å². The second kappa shape index (κ2) is 5.93. The average molecular weight is 308 g/mol. The van der Waals surface area contributed by atoms with Crippen LogP contribution in [0.1, 0.15) is 5.56 Å². The Labute approximate surface area is 135 Å². The van der Waals surface area contributed by atoms with Crippen molar-refractivity contribution in [3.63, 3.8) is 0 Å². The number of nitrogens with zero attached hydrogens (tertiary/aromatic N) is 2. The van der Waals surface area contributed by atoms with E-state index in [4.69, 9.17) is 4.74 Å². The molecule has 0 saturated carbocycles. The quantitative estimate of drug-likeness (QED) is 0.781. The highest BCUT2D eigenvalue weighted by molar-refractivity contribution is 5.76. The van der Waals surface area contributed by atoms with E-state index >= 15 is 0 Å². The van der Waals surface area contributed by atoms with Gasteiger partial charge < -0.3 is 19.9 Å². The Bertz CT molecular complexity index is 821. The Hall–Kier alpha value is -2.53. The highest BCUT2D eigenvalue weighted by Crippen LogP contribution is 2.30. The van der Waals surface area contributed by atoms with E-state index in [9.17, 15) is 0 Å². The Balaban J connectivity index is 1.61. The van der Waals surface area contributed by atoms with Gasteiger partial charge in [-0.3, -0.25) is 0 Å². The van der Waals surface area contributed by atoms with Crippen LogP contribution in [0.15, 0.2) is 42.7 Å². The van der Waals surface area contributed by atoms with Gasteiger partial charge in [0.2, 0.25) is 0 Å². The third-order valence-electron chi connectivity index (χ3n) is 4.26. The van der Waals surface area contributed by atoms with Crippen LogP contribution in [0, 0.1) is 6.92 Å². The number of hydrogen-bond acceptors (Lipinski definition) is 4. The fraction of sp³-hybridized carbons (Fsp3) is 0.278. The lowest BCUT2D eigenvalue weighted by atomic mass is 10.1. The number of rotatable bonds is 3. The maximum Gasteiger partial charge on any atom is 0.146 e. The number of aromatic nitrogens is 2. The van der Waals surface area contributed by atoms with Crippen LogP contribution in [0.4, 0.5) is 5.69 Å². The molecule has 2 N–H and O–H groups in total. The van der Waals surface area contributed by atoms with E-state index in [2.05, 4.69) is 45.3 Å². The Morgan fingerprint density at radius 3 is 2.87 bits per heavy atom. The minimum atomic E-state index is 0.762. The molecule has 1 aromatic carbocycles. The fourth-order valence-electron chi connectivity index (χ4n) is 2.92. The van der Waals surface area contributed by atoms with Crippen molar-refractivity contribution in [1.29, 1.82) is 0 Å². The maximum absolute atomic E-state index is 6.10. The number of hydrogen-bond donors (Lipinski definition) is 2. The van der Waals surface area contributed by atoms with Crippen molar-refractivity contribution >= 4 is 16.7 Å². The molecule has 0 unspecified atom stereocenters. The van der Waals surface area contributed by atoms with Crippen molar-refractivity contribution in [3.8, 4) is 11.5 Å². The van der Waals surface area contributed by atoms with Crippen LogP contribution in [0.5, 0.6) is 11.5 Å². The number of ether oxygens (including phenoxy) is 1. The summed E-state index contributed by atoms with van der Waals surface area (Å²) in [6, 6.07) is 10.4. The minimum Gasteiger partial charge on any atom is -0.455 e. The number of piperazine rings is 1. The smallest absolute Gasteiger partial charge is 0.146 e. The molecule has 2 aromatic heterocycles. The summed E-state index contributed by atoms with van der Waals surface area (Å²) in [5, 5.41) is 4.43. The third-order valence-corrected chi connectivity index (χ3v) is 4.26. The maximum atomic E-state index is 6.10. The normalized spacial score (nSPS) is 15.1. The molecule has 0 amide bonds. The summed E-state index contributed by atoms with van der Waals surface area (Å²) in [4.78, 5) is 9.86. The van der Waals surface area contributed by atoms with Crippen LogP contribution in [-0.4, -0.2) is 36.1 Å². The fourth-order valence-corrected chi connectivity index (χ4v) is 2.92. The van der Waals surface area contributed by atoms with Crippen LogP contribution >= 0.6 is 0 Å². The lowest BCUT2D eigenvalue weighted by Crippen LogP contribution is -2.43. The second-order valence-electron chi connectivity index (χ2n) is 5.88. The number of pyridine rings is 1. The molecule has 1 saturated heterocycles. The molecular weight excluding hydrogens is 288 g/mol. The molecule has 23 heavy (non-hydrogen) atoms. The summed E-state index contributed by atoms with van der Waals surface area (Å²) in [5.74, 6) is 1.65. The van der Waals surface area contributed by atoms with Crippen LogP contribution in [0.2, 0.25) is 0 Å².